The van der Waals surface area contributed by atoms with E-state index in [9.17, 15) is 18.3 Å². The fourth-order valence-corrected chi connectivity index (χ4v) is 2.37. The van der Waals surface area contributed by atoms with Gasteiger partial charge < -0.3 is 14.7 Å². The zero-order chi connectivity index (χ0) is 14.9. The Labute approximate surface area is 116 Å². The Balaban J connectivity index is 2.42. The normalized spacial score (nSPS) is 16.9. The second-order valence-corrected chi connectivity index (χ2v) is 5.04. The van der Waals surface area contributed by atoms with Crippen molar-refractivity contribution in [2.75, 3.05) is 18.6 Å². The average Bonchev–Trinajstić information content (AvgIpc) is 3.18. The molecule has 0 radical (unpaired) electrons. The molecular formula is C14H18F3NO2. The number of aliphatic hydroxyl groups excluding tert-OH is 1. The maximum Gasteiger partial charge on any atom is 0.405 e. The lowest BCUT2D eigenvalue weighted by atomic mass is 10.1. The van der Waals surface area contributed by atoms with E-state index >= 15 is 0 Å². The molecule has 0 aromatic heterocycles. The van der Waals surface area contributed by atoms with Crippen LogP contribution in [-0.2, 0) is 0 Å². The summed E-state index contributed by atoms with van der Waals surface area (Å²) >= 11 is 0. The number of ether oxygens (including phenoxy) is 1. The third-order valence-corrected chi connectivity index (χ3v) is 3.33. The topological polar surface area (TPSA) is 32.7 Å². The number of aliphatic hydroxyl groups is 1. The molecule has 112 valence electrons. The molecule has 6 heteroatoms. The molecule has 1 N–H and O–H groups in total. The van der Waals surface area contributed by atoms with Crippen molar-refractivity contribution in [1.29, 1.82) is 0 Å². The Kier molecular flexibility index (Phi) is 4.13. The Bertz CT molecular complexity index is 470. The number of rotatable bonds is 5. The Hall–Kier alpha value is -1.43. The van der Waals surface area contributed by atoms with Crippen LogP contribution in [0.25, 0.3) is 0 Å². The van der Waals surface area contributed by atoms with Gasteiger partial charge in [0.15, 0.2) is 0 Å². The highest BCUT2D eigenvalue weighted by molar-refractivity contribution is 5.61. The summed E-state index contributed by atoms with van der Waals surface area (Å²) in [6, 6.07) is 4.78. The molecule has 0 heterocycles. The highest BCUT2D eigenvalue weighted by Crippen LogP contribution is 2.41. The number of halogens is 3. The molecule has 0 saturated heterocycles. The fraction of sp³-hybridized carbons (Fsp3) is 0.571. The van der Waals surface area contributed by atoms with E-state index in [4.69, 9.17) is 4.74 Å². The van der Waals surface area contributed by atoms with Crippen molar-refractivity contribution >= 4 is 5.69 Å². The first-order chi connectivity index (χ1) is 9.33. The predicted octanol–water partition coefficient (Wildman–Crippen LogP) is 3.28. The number of alkyl halides is 3. The molecule has 0 unspecified atom stereocenters. The minimum absolute atomic E-state index is 0.110. The molecule has 0 bridgehead atoms. The lowest BCUT2D eigenvalue weighted by molar-refractivity contribution is -0.120. The summed E-state index contributed by atoms with van der Waals surface area (Å²) in [5.41, 5.74) is 0.810. The van der Waals surface area contributed by atoms with Gasteiger partial charge in [-0.15, -0.1) is 0 Å². The highest BCUT2D eigenvalue weighted by Gasteiger charge is 2.39. The zero-order valence-electron chi connectivity index (χ0n) is 11.4. The number of anilines is 1. The molecule has 20 heavy (non-hydrogen) atoms. The molecule has 0 spiro atoms. The van der Waals surface area contributed by atoms with Gasteiger partial charge in [-0.2, -0.15) is 13.2 Å². The third-order valence-electron chi connectivity index (χ3n) is 3.33. The summed E-state index contributed by atoms with van der Waals surface area (Å²) < 4.78 is 43.4. The van der Waals surface area contributed by atoms with Crippen LogP contribution in [0.3, 0.4) is 0 Å². The lowest BCUT2D eigenvalue weighted by Gasteiger charge is -2.29. The maximum absolute atomic E-state index is 12.8. The van der Waals surface area contributed by atoms with E-state index in [-0.39, 0.29) is 6.04 Å². The van der Waals surface area contributed by atoms with Crippen molar-refractivity contribution in [2.24, 2.45) is 0 Å². The van der Waals surface area contributed by atoms with Crippen LogP contribution >= 0.6 is 0 Å². The number of nitrogens with zero attached hydrogens (tertiary/aromatic N) is 1. The smallest absolute Gasteiger partial charge is 0.405 e. The van der Waals surface area contributed by atoms with Crippen LogP contribution in [0, 0.1) is 0 Å². The molecule has 3 nitrogen and oxygen atoms in total. The van der Waals surface area contributed by atoms with Crippen molar-refractivity contribution in [3.8, 4) is 5.75 Å². The second-order valence-electron chi connectivity index (χ2n) is 5.04. The molecule has 1 aromatic carbocycles. The summed E-state index contributed by atoms with van der Waals surface area (Å²) in [7, 11) is 1.44. The van der Waals surface area contributed by atoms with Crippen molar-refractivity contribution in [2.45, 2.75) is 38.1 Å². The largest absolute Gasteiger partial charge is 0.496 e. The summed E-state index contributed by atoms with van der Waals surface area (Å²) in [4.78, 5) is 1.32. The molecule has 1 aliphatic rings. The molecule has 0 amide bonds. The summed E-state index contributed by atoms with van der Waals surface area (Å²) in [6.07, 6.45) is -3.68. The first kappa shape index (κ1) is 15.0. The van der Waals surface area contributed by atoms with Crippen LogP contribution in [0.5, 0.6) is 5.75 Å². The van der Waals surface area contributed by atoms with Gasteiger partial charge in [-0.3, -0.25) is 0 Å². The van der Waals surface area contributed by atoms with Gasteiger partial charge in [-0.25, -0.2) is 0 Å². The van der Waals surface area contributed by atoms with Crippen LogP contribution < -0.4 is 9.64 Å². The summed E-state index contributed by atoms with van der Waals surface area (Å²) in [6.45, 7) is 0.518. The van der Waals surface area contributed by atoms with Crippen LogP contribution in [0.4, 0.5) is 18.9 Å². The fourth-order valence-electron chi connectivity index (χ4n) is 2.37. The minimum atomic E-state index is -4.28. The van der Waals surface area contributed by atoms with Crippen LogP contribution in [-0.4, -0.2) is 31.0 Å². The van der Waals surface area contributed by atoms with E-state index in [1.807, 2.05) is 0 Å². The van der Waals surface area contributed by atoms with E-state index in [0.717, 1.165) is 12.8 Å². The quantitative estimate of drug-likeness (QED) is 0.903. The molecule has 1 saturated carbocycles. The van der Waals surface area contributed by atoms with E-state index in [0.29, 0.717) is 17.0 Å². The maximum atomic E-state index is 12.8. The molecule has 0 aliphatic heterocycles. The Morgan fingerprint density at radius 3 is 2.50 bits per heavy atom. The van der Waals surface area contributed by atoms with Gasteiger partial charge >= 0.3 is 6.18 Å². The van der Waals surface area contributed by atoms with Gasteiger partial charge in [-0.1, -0.05) is 6.07 Å². The molecule has 2 rings (SSSR count). The highest BCUT2D eigenvalue weighted by atomic mass is 19.4. The predicted molar refractivity (Wildman–Crippen MR) is 70.1 cm³/mol. The van der Waals surface area contributed by atoms with Gasteiger partial charge in [-0.05, 0) is 31.9 Å². The van der Waals surface area contributed by atoms with E-state index in [2.05, 4.69) is 0 Å². The van der Waals surface area contributed by atoms with Crippen molar-refractivity contribution in [3.63, 3.8) is 0 Å². The summed E-state index contributed by atoms with van der Waals surface area (Å²) in [5, 5.41) is 9.88. The molecule has 1 aliphatic carbocycles. The summed E-state index contributed by atoms with van der Waals surface area (Å²) in [5.74, 6) is 0.408. The van der Waals surface area contributed by atoms with Gasteiger partial charge in [0.2, 0.25) is 0 Å². The number of methoxy groups -OCH3 is 1. The van der Waals surface area contributed by atoms with Crippen molar-refractivity contribution in [3.05, 3.63) is 23.8 Å². The lowest BCUT2D eigenvalue weighted by Crippen LogP contribution is -2.36. The number of benzene rings is 1. The number of hydrogen-bond acceptors (Lipinski definition) is 3. The van der Waals surface area contributed by atoms with Crippen LogP contribution in [0.2, 0.25) is 0 Å². The van der Waals surface area contributed by atoms with Gasteiger partial charge in [0.05, 0.1) is 13.2 Å². The standard InChI is InChI=1S/C14H18F3NO2/c1-9(19)13-11(4-3-5-12(13)20-2)18(10-6-7-10)8-14(15,16)17/h3-5,9-10,19H,6-8H2,1-2H3/t9-/m0/s1. The minimum Gasteiger partial charge on any atom is -0.496 e. The van der Waals surface area contributed by atoms with Gasteiger partial charge in [0, 0.05) is 17.3 Å². The van der Waals surface area contributed by atoms with Crippen molar-refractivity contribution < 1.29 is 23.0 Å². The molecule has 1 fully saturated rings. The van der Waals surface area contributed by atoms with E-state index in [1.54, 1.807) is 18.2 Å². The van der Waals surface area contributed by atoms with Crippen LogP contribution in [0.1, 0.15) is 31.4 Å². The molecule has 1 atom stereocenters. The SMILES string of the molecule is COc1cccc(N(CC(F)(F)F)C2CC2)c1[C@H](C)O. The van der Waals surface area contributed by atoms with E-state index < -0.39 is 18.8 Å². The first-order valence-electron chi connectivity index (χ1n) is 6.52. The van der Waals surface area contributed by atoms with Crippen molar-refractivity contribution in [1.82, 2.24) is 0 Å². The Morgan fingerprint density at radius 1 is 1.40 bits per heavy atom. The van der Waals surface area contributed by atoms with Crippen LogP contribution in [0.15, 0.2) is 18.2 Å². The average molecular weight is 289 g/mol. The molecule has 1 aromatic rings. The zero-order valence-corrected chi connectivity index (χ0v) is 11.4. The van der Waals surface area contributed by atoms with E-state index in [1.165, 1.54) is 18.9 Å². The first-order valence-corrected chi connectivity index (χ1v) is 6.52. The van der Waals surface area contributed by atoms with Gasteiger partial charge in [0.25, 0.3) is 0 Å². The Morgan fingerprint density at radius 2 is 2.05 bits per heavy atom. The monoisotopic (exact) mass is 289 g/mol. The number of hydrogen-bond donors (Lipinski definition) is 1. The third kappa shape index (κ3) is 3.36. The van der Waals surface area contributed by atoms with Gasteiger partial charge in [0.1, 0.15) is 12.3 Å². The second kappa shape index (κ2) is 5.52. The molecular weight excluding hydrogens is 271 g/mol.